The van der Waals surface area contributed by atoms with Gasteiger partial charge in [-0.25, -0.2) is 0 Å². The second-order valence-electron chi connectivity index (χ2n) is 4.49. The lowest BCUT2D eigenvalue weighted by atomic mass is 10.1. The van der Waals surface area contributed by atoms with Gasteiger partial charge in [0.25, 0.3) is 0 Å². The van der Waals surface area contributed by atoms with E-state index in [0.29, 0.717) is 6.54 Å². The second kappa shape index (κ2) is 5.78. The number of benzene rings is 1. The molecule has 0 radical (unpaired) electrons. The van der Waals surface area contributed by atoms with Crippen molar-refractivity contribution in [2.24, 2.45) is 5.73 Å². The van der Waals surface area contributed by atoms with Gasteiger partial charge in [-0.2, -0.15) is 0 Å². The Hall–Kier alpha value is -1.68. The Morgan fingerprint density at radius 2 is 1.89 bits per heavy atom. The molecule has 2 aromatic rings. The van der Waals surface area contributed by atoms with Gasteiger partial charge in [0.2, 0.25) is 0 Å². The lowest BCUT2D eigenvalue weighted by Gasteiger charge is -2.09. The Kier molecular flexibility index (Phi) is 4.10. The quantitative estimate of drug-likeness (QED) is 0.875. The molecule has 4 nitrogen and oxygen atoms in total. The summed E-state index contributed by atoms with van der Waals surface area (Å²) in [5, 5.41) is 8.44. The minimum absolute atomic E-state index is 0.445. The number of aromatic nitrogens is 3. The molecule has 0 amide bonds. The van der Waals surface area contributed by atoms with E-state index in [1.807, 2.05) is 0 Å². The van der Waals surface area contributed by atoms with Crippen molar-refractivity contribution in [3.8, 4) is 0 Å². The topological polar surface area (TPSA) is 56.7 Å². The molecule has 0 atom stereocenters. The fourth-order valence-corrected chi connectivity index (χ4v) is 2.11. The van der Waals surface area contributed by atoms with Gasteiger partial charge in [0.1, 0.15) is 11.6 Å². The average molecular weight is 244 g/mol. The van der Waals surface area contributed by atoms with E-state index in [2.05, 4.69) is 52.9 Å². The maximum absolute atomic E-state index is 5.69. The van der Waals surface area contributed by atoms with Gasteiger partial charge in [-0.05, 0) is 24.5 Å². The molecule has 0 spiro atoms. The maximum Gasteiger partial charge on any atom is 0.146 e. The molecule has 1 aromatic heterocycles. The normalized spacial score (nSPS) is 10.8. The van der Waals surface area contributed by atoms with Crippen molar-refractivity contribution in [3.63, 3.8) is 0 Å². The molecule has 1 heterocycles. The first-order chi connectivity index (χ1) is 8.76. The minimum atomic E-state index is 0.445. The van der Waals surface area contributed by atoms with Crippen LogP contribution in [0.4, 0.5) is 0 Å². The standard InChI is InChI=1S/C14H20N4/c1-3-8-18-13(16-17-14(18)10-15)9-12-7-5-4-6-11(12)2/h4-7H,3,8-10,15H2,1-2H3. The van der Waals surface area contributed by atoms with E-state index in [1.54, 1.807) is 0 Å². The first kappa shape index (κ1) is 12.8. The first-order valence-corrected chi connectivity index (χ1v) is 6.41. The predicted octanol–water partition coefficient (Wildman–Crippen LogP) is 2.05. The Bertz CT molecular complexity index is 516. The van der Waals surface area contributed by atoms with Gasteiger partial charge in [0.05, 0.1) is 6.54 Å². The molecule has 0 fully saturated rings. The van der Waals surface area contributed by atoms with Gasteiger partial charge in [0.15, 0.2) is 0 Å². The molecule has 2 rings (SSSR count). The highest BCUT2D eigenvalue weighted by atomic mass is 15.3. The van der Waals surface area contributed by atoms with Crippen LogP contribution >= 0.6 is 0 Å². The van der Waals surface area contributed by atoms with E-state index < -0.39 is 0 Å². The van der Waals surface area contributed by atoms with E-state index in [1.165, 1.54) is 11.1 Å². The van der Waals surface area contributed by atoms with Gasteiger partial charge >= 0.3 is 0 Å². The van der Waals surface area contributed by atoms with Crippen LogP contribution in [0.1, 0.15) is 36.1 Å². The summed E-state index contributed by atoms with van der Waals surface area (Å²) in [6.07, 6.45) is 1.88. The van der Waals surface area contributed by atoms with Crippen molar-refractivity contribution in [3.05, 3.63) is 47.0 Å². The predicted molar refractivity (Wildman–Crippen MR) is 72.2 cm³/mol. The van der Waals surface area contributed by atoms with E-state index >= 15 is 0 Å². The summed E-state index contributed by atoms with van der Waals surface area (Å²) < 4.78 is 2.15. The third-order valence-corrected chi connectivity index (χ3v) is 3.14. The van der Waals surface area contributed by atoms with Crippen LogP contribution in [0.2, 0.25) is 0 Å². The smallest absolute Gasteiger partial charge is 0.146 e. The van der Waals surface area contributed by atoms with Crippen LogP contribution in [0.5, 0.6) is 0 Å². The summed E-state index contributed by atoms with van der Waals surface area (Å²) in [5.74, 6) is 1.88. The lowest BCUT2D eigenvalue weighted by molar-refractivity contribution is 0.614. The summed E-state index contributed by atoms with van der Waals surface area (Å²) in [5.41, 5.74) is 8.28. The van der Waals surface area contributed by atoms with E-state index in [9.17, 15) is 0 Å². The molecule has 0 bridgehead atoms. The second-order valence-corrected chi connectivity index (χ2v) is 4.49. The van der Waals surface area contributed by atoms with Crippen LogP contribution in [0.15, 0.2) is 24.3 Å². The summed E-state index contributed by atoms with van der Waals surface area (Å²) in [6, 6.07) is 8.38. The zero-order chi connectivity index (χ0) is 13.0. The number of hydrogen-bond acceptors (Lipinski definition) is 3. The first-order valence-electron chi connectivity index (χ1n) is 6.41. The fraction of sp³-hybridized carbons (Fsp3) is 0.429. The number of nitrogens with zero attached hydrogens (tertiary/aromatic N) is 3. The molecule has 0 unspecified atom stereocenters. The summed E-state index contributed by atoms with van der Waals surface area (Å²) in [6.45, 7) is 5.65. The molecule has 0 aliphatic rings. The Balaban J connectivity index is 2.29. The van der Waals surface area contributed by atoms with Gasteiger partial charge in [-0.3, -0.25) is 0 Å². The highest BCUT2D eigenvalue weighted by molar-refractivity contribution is 5.28. The monoisotopic (exact) mass is 244 g/mol. The van der Waals surface area contributed by atoms with Crippen LogP contribution in [0.25, 0.3) is 0 Å². The molecule has 1 aromatic carbocycles. The Morgan fingerprint density at radius 1 is 1.17 bits per heavy atom. The number of nitrogens with two attached hydrogens (primary N) is 1. The lowest BCUT2D eigenvalue weighted by Crippen LogP contribution is -2.11. The number of rotatable bonds is 5. The van der Waals surface area contributed by atoms with Gasteiger partial charge in [-0.1, -0.05) is 31.2 Å². The number of aryl methyl sites for hydroxylation is 1. The molecule has 0 saturated heterocycles. The molecular weight excluding hydrogens is 224 g/mol. The summed E-state index contributed by atoms with van der Waals surface area (Å²) in [4.78, 5) is 0. The molecule has 18 heavy (non-hydrogen) atoms. The van der Waals surface area contributed by atoms with E-state index in [4.69, 9.17) is 5.73 Å². The Labute approximate surface area is 108 Å². The van der Waals surface area contributed by atoms with Crippen LogP contribution in [0, 0.1) is 6.92 Å². The van der Waals surface area contributed by atoms with Crippen molar-refractivity contribution in [2.45, 2.75) is 39.8 Å². The molecule has 0 saturated carbocycles. The van der Waals surface area contributed by atoms with Gasteiger partial charge in [-0.15, -0.1) is 10.2 Å². The van der Waals surface area contributed by atoms with Crippen molar-refractivity contribution in [2.75, 3.05) is 0 Å². The van der Waals surface area contributed by atoms with Crippen LogP contribution in [0.3, 0.4) is 0 Å². The van der Waals surface area contributed by atoms with E-state index in [0.717, 1.165) is 31.0 Å². The van der Waals surface area contributed by atoms with Crippen LogP contribution in [-0.4, -0.2) is 14.8 Å². The molecule has 0 aliphatic carbocycles. The van der Waals surface area contributed by atoms with Crippen molar-refractivity contribution < 1.29 is 0 Å². The minimum Gasteiger partial charge on any atom is -0.324 e. The van der Waals surface area contributed by atoms with Crippen LogP contribution in [-0.2, 0) is 19.5 Å². The number of hydrogen-bond donors (Lipinski definition) is 1. The fourth-order valence-electron chi connectivity index (χ4n) is 2.11. The summed E-state index contributed by atoms with van der Waals surface area (Å²) >= 11 is 0. The SMILES string of the molecule is CCCn1c(CN)nnc1Cc1ccccc1C. The van der Waals surface area contributed by atoms with Crippen molar-refractivity contribution >= 4 is 0 Å². The molecule has 0 aliphatic heterocycles. The molecule has 96 valence electrons. The summed E-state index contributed by atoms with van der Waals surface area (Å²) in [7, 11) is 0. The highest BCUT2D eigenvalue weighted by Gasteiger charge is 2.11. The average Bonchev–Trinajstić information content (AvgIpc) is 2.75. The largest absolute Gasteiger partial charge is 0.324 e. The maximum atomic E-state index is 5.69. The van der Waals surface area contributed by atoms with Crippen LogP contribution < -0.4 is 5.73 Å². The highest BCUT2D eigenvalue weighted by Crippen LogP contribution is 2.13. The van der Waals surface area contributed by atoms with E-state index in [-0.39, 0.29) is 0 Å². The molecular formula is C14H20N4. The van der Waals surface area contributed by atoms with Gasteiger partial charge in [0, 0.05) is 13.0 Å². The zero-order valence-electron chi connectivity index (χ0n) is 11.1. The zero-order valence-corrected chi connectivity index (χ0v) is 11.1. The third kappa shape index (κ3) is 2.59. The molecule has 2 N–H and O–H groups in total. The molecule has 4 heteroatoms. The van der Waals surface area contributed by atoms with Crippen molar-refractivity contribution in [1.29, 1.82) is 0 Å². The van der Waals surface area contributed by atoms with Gasteiger partial charge < -0.3 is 10.3 Å². The third-order valence-electron chi connectivity index (χ3n) is 3.14. The van der Waals surface area contributed by atoms with Crippen molar-refractivity contribution in [1.82, 2.24) is 14.8 Å². The Morgan fingerprint density at radius 3 is 2.56 bits per heavy atom.